The largest absolute Gasteiger partial charge is 0.356 e. The van der Waals surface area contributed by atoms with E-state index in [1.54, 1.807) is 0 Å². The van der Waals surface area contributed by atoms with Crippen LogP contribution < -0.4 is 10.6 Å². The van der Waals surface area contributed by atoms with Crippen LogP contribution in [0.3, 0.4) is 0 Å². The van der Waals surface area contributed by atoms with E-state index in [-0.39, 0.29) is 5.91 Å². The lowest BCUT2D eigenvalue weighted by Crippen LogP contribution is -2.26. The minimum Gasteiger partial charge on any atom is -0.356 e. The number of unbranched alkanes of at least 4 members (excludes halogenated alkanes) is 1. The predicted octanol–water partition coefficient (Wildman–Crippen LogP) is 2.31. The zero-order valence-electron chi connectivity index (χ0n) is 13.7. The molecular weight excluding hydrogens is 260 g/mol. The molecule has 118 valence electrons. The van der Waals surface area contributed by atoms with Crippen LogP contribution >= 0.6 is 0 Å². The van der Waals surface area contributed by atoms with E-state index in [0.29, 0.717) is 17.9 Å². The van der Waals surface area contributed by atoms with Gasteiger partial charge in [-0.3, -0.25) is 9.00 Å². The Hall–Kier alpha value is -0.420. The Balaban J connectivity index is -0.000000579. The highest BCUT2D eigenvalue weighted by atomic mass is 32.2. The number of nitrogens with one attached hydrogen (secondary N) is 2. The van der Waals surface area contributed by atoms with Gasteiger partial charge in [-0.05, 0) is 13.5 Å². The minimum absolute atomic E-state index is 0.0151. The summed E-state index contributed by atoms with van der Waals surface area (Å²) in [6.07, 6.45) is 2.46. The van der Waals surface area contributed by atoms with Crippen molar-refractivity contribution in [1.29, 1.82) is 0 Å². The quantitative estimate of drug-likeness (QED) is 0.642. The SMILES string of the molecule is CC.CC.CCCCNC(=O)CCS(=O)CCNC. The highest BCUT2D eigenvalue weighted by Crippen LogP contribution is 1.89. The van der Waals surface area contributed by atoms with Crippen molar-refractivity contribution >= 4 is 16.7 Å². The van der Waals surface area contributed by atoms with Crippen LogP contribution in [0.2, 0.25) is 0 Å². The first-order valence-electron chi connectivity index (χ1n) is 7.47. The number of hydrogen-bond acceptors (Lipinski definition) is 3. The summed E-state index contributed by atoms with van der Waals surface area (Å²) in [5.41, 5.74) is 0. The standard InChI is InChI=1S/C10H22N2O2S.2C2H6/c1-3-4-6-12-10(13)5-8-15(14)9-7-11-2;2*1-2/h11H,3-9H2,1-2H3,(H,12,13);2*1-2H3. The minimum atomic E-state index is -0.871. The van der Waals surface area contributed by atoms with Gasteiger partial charge in [-0.15, -0.1) is 0 Å². The summed E-state index contributed by atoms with van der Waals surface area (Å²) in [4.78, 5) is 11.2. The van der Waals surface area contributed by atoms with Gasteiger partial charge in [0.1, 0.15) is 0 Å². The number of amides is 1. The number of carbonyl (C=O) groups excluding carboxylic acids is 1. The smallest absolute Gasteiger partial charge is 0.220 e. The Kier molecular flexibility index (Phi) is 28.3. The molecule has 0 aliphatic carbocycles. The molecule has 0 fully saturated rings. The highest BCUT2D eigenvalue weighted by Gasteiger charge is 2.04. The average Bonchev–Trinajstić information content (AvgIpc) is 2.47. The molecule has 2 N–H and O–H groups in total. The Morgan fingerprint density at radius 1 is 1.05 bits per heavy atom. The van der Waals surface area contributed by atoms with E-state index in [1.807, 2.05) is 34.7 Å². The topological polar surface area (TPSA) is 58.2 Å². The second-order valence-corrected chi connectivity index (χ2v) is 5.10. The van der Waals surface area contributed by atoms with E-state index in [1.165, 1.54) is 0 Å². The van der Waals surface area contributed by atoms with Crippen LogP contribution in [0.4, 0.5) is 0 Å². The molecule has 0 radical (unpaired) electrons. The highest BCUT2D eigenvalue weighted by molar-refractivity contribution is 7.85. The monoisotopic (exact) mass is 294 g/mol. The van der Waals surface area contributed by atoms with E-state index in [9.17, 15) is 9.00 Å². The molecule has 4 nitrogen and oxygen atoms in total. The molecule has 0 aromatic rings. The van der Waals surface area contributed by atoms with Crippen molar-refractivity contribution in [2.24, 2.45) is 0 Å². The number of rotatable bonds is 9. The lowest BCUT2D eigenvalue weighted by atomic mass is 10.3. The van der Waals surface area contributed by atoms with Gasteiger partial charge in [0.25, 0.3) is 0 Å². The third kappa shape index (κ3) is 23.1. The Bertz CT molecular complexity index is 200. The van der Waals surface area contributed by atoms with Gasteiger partial charge in [-0.1, -0.05) is 41.0 Å². The first kappa shape index (κ1) is 23.7. The zero-order chi connectivity index (χ0) is 15.5. The molecule has 19 heavy (non-hydrogen) atoms. The summed E-state index contributed by atoms with van der Waals surface area (Å²) in [5.74, 6) is 1.11. The van der Waals surface area contributed by atoms with Gasteiger partial charge < -0.3 is 10.6 Å². The van der Waals surface area contributed by atoms with Crippen molar-refractivity contribution in [3.8, 4) is 0 Å². The molecule has 0 aliphatic rings. The normalized spacial score (nSPS) is 10.4. The lowest BCUT2D eigenvalue weighted by Gasteiger charge is -2.04. The molecule has 0 aliphatic heterocycles. The predicted molar refractivity (Wildman–Crippen MR) is 87.0 cm³/mol. The molecule has 0 heterocycles. The van der Waals surface area contributed by atoms with Crippen LogP contribution in [0.15, 0.2) is 0 Å². The van der Waals surface area contributed by atoms with Crippen LogP contribution in [0.5, 0.6) is 0 Å². The van der Waals surface area contributed by atoms with E-state index in [4.69, 9.17) is 0 Å². The fourth-order valence-electron chi connectivity index (χ4n) is 1.02. The summed E-state index contributed by atoms with van der Waals surface area (Å²) in [6, 6.07) is 0. The molecule has 0 aromatic carbocycles. The van der Waals surface area contributed by atoms with Crippen LogP contribution in [0.25, 0.3) is 0 Å². The summed E-state index contributed by atoms with van der Waals surface area (Å²) < 4.78 is 11.3. The number of carbonyl (C=O) groups is 1. The van der Waals surface area contributed by atoms with Crippen molar-refractivity contribution in [3.63, 3.8) is 0 Å². The number of hydrogen-bond donors (Lipinski definition) is 2. The molecular formula is C14H34N2O2S. The maximum absolute atomic E-state index is 11.3. The summed E-state index contributed by atoms with van der Waals surface area (Å²) in [7, 11) is 0.957. The van der Waals surface area contributed by atoms with Gasteiger partial charge in [0.15, 0.2) is 0 Å². The molecule has 1 atom stereocenters. The Labute approximate surface area is 122 Å². The fraction of sp³-hybridized carbons (Fsp3) is 0.929. The van der Waals surface area contributed by atoms with Gasteiger partial charge in [0.05, 0.1) is 0 Å². The van der Waals surface area contributed by atoms with Crippen LogP contribution in [0, 0.1) is 0 Å². The summed E-state index contributed by atoms with van der Waals surface area (Å²) >= 11 is 0. The van der Waals surface area contributed by atoms with E-state index >= 15 is 0 Å². The molecule has 1 unspecified atom stereocenters. The average molecular weight is 295 g/mol. The van der Waals surface area contributed by atoms with Gasteiger partial charge >= 0.3 is 0 Å². The van der Waals surface area contributed by atoms with E-state index < -0.39 is 10.8 Å². The molecule has 0 bridgehead atoms. The van der Waals surface area contributed by atoms with E-state index in [2.05, 4.69) is 17.6 Å². The maximum Gasteiger partial charge on any atom is 0.220 e. The molecule has 5 heteroatoms. The molecule has 0 saturated carbocycles. The van der Waals surface area contributed by atoms with Crippen molar-refractivity contribution < 1.29 is 9.00 Å². The van der Waals surface area contributed by atoms with Crippen molar-refractivity contribution in [3.05, 3.63) is 0 Å². The van der Waals surface area contributed by atoms with Gasteiger partial charge in [-0.2, -0.15) is 0 Å². The third-order valence-corrected chi connectivity index (χ3v) is 3.31. The zero-order valence-corrected chi connectivity index (χ0v) is 14.5. The van der Waals surface area contributed by atoms with Crippen molar-refractivity contribution in [2.75, 3.05) is 31.6 Å². The second kappa shape index (κ2) is 22.7. The Morgan fingerprint density at radius 3 is 2.11 bits per heavy atom. The van der Waals surface area contributed by atoms with Crippen LogP contribution in [-0.4, -0.2) is 41.8 Å². The van der Waals surface area contributed by atoms with Crippen LogP contribution in [-0.2, 0) is 15.6 Å². The van der Waals surface area contributed by atoms with Crippen LogP contribution in [0.1, 0.15) is 53.9 Å². The summed E-state index contributed by atoms with van der Waals surface area (Å²) in [5, 5.41) is 5.74. The first-order valence-corrected chi connectivity index (χ1v) is 8.95. The second-order valence-electron chi connectivity index (χ2n) is 3.41. The van der Waals surface area contributed by atoms with Gasteiger partial charge in [0, 0.05) is 41.8 Å². The molecule has 1 amide bonds. The Morgan fingerprint density at radius 2 is 1.63 bits per heavy atom. The van der Waals surface area contributed by atoms with Crippen molar-refractivity contribution in [2.45, 2.75) is 53.9 Å². The summed E-state index contributed by atoms with van der Waals surface area (Å²) in [6.45, 7) is 11.6. The first-order chi connectivity index (χ1) is 9.20. The maximum atomic E-state index is 11.3. The molecule has 0 spiro atoms. The third-order valence-electron chi connectivity index (χ3n) is 1.99. The molecule has 0 rings (SSSR count). The van der Waals surface area contributed by atoms with Crippen molar-refractivity contribution in [1.82, 2.24) is 10.6 Å². The fourth-order valence-corrected chi connectivity index (χ4v) is 2.07. The van der Waals surface area contributed by atoms with Gasteiger partial charge in [-0.25, -0.2) is 0 Å². The molecule has 0 aromatic heterocycles. The lowest BCUT2D eigenvalue weighted by molar-refractivity contribution is -0.120. The van der Waals surface area contributed by atoms with E-state index in [0.717, 1.165) is 25.9 Å². The van der Waals surface area contributed by atoms with Gasteiger partial charge in [0.2, 0.25) is 5.91 Å². The molecule has 0 saturated heterocycles.